The van der Waals surface area contributed by atoms with Crippen molar-refractivity contribution in [2.24, 2.45) is 5.16 Å². The van der Waals surface area contributed by atoms with Crippen molar-refractivity contribution >= 4 is 59.5 Å². The molecule has 0 aliphatic carbocycles. The molecule has 2 aromatic rings. The number of ether oxygens (including phenoxy) is 1. The van der Waals surface area contributed by atoms with E-state index in [4.69, 9.17) is 9.94 Å². The van der Waals surface area contributed by atoms with Gasteiger partial charge in [0.25, 0.3) is 5.56 Å². The van der Waals surface area contributed by atoms with Gasteiger partial charge in [-0.15, -0.1) is 37.2 Å². The van der Waals surface area contributed by atoms with Gasteiger partial charge in [0.15, 0.2) is 0 Å². The Morgan fingerprint density at radius 1 is 1.17 bits per heavy atom. The second-order valence-corrected chi connectivity index (χ2v) is 7.00. The van der Waals surface area contributed by atoms with E-state index in [-0.39, 0.29) is 42.8 Å². The summed E-state index contributed by atoms with van der Waals surface area (Å²) in [5, 5.41) is 16.6. The predicted molar refractivity (Wildman–Crippen MR) is 123 cm³/mol. The van der Waals surface area contributed by atoms with E-state index in [0.29, 0.717) is 0 Å². The normalized spacial score (nSPS) is 15.8. The first kappa shape index (κ1) is 25.4. The number of fused-ring (bicyclic) bond motifs is 3. The van der Waals surface area contributed by atoms with E-state index in [1.54, 1.807) is 7.11 Å². The second kappa shape index (κ2) is 10.9. The monoisotopic (exact) mass is 464 g/mol. The van der Waals surface area contributed by atoms with Gasteiger partial charge in [0.1, 0.15) is 5.75 Å². The first-order valence-electron chi connectivity index (χ1n) is 9.11. The van der Waals surface area contributed by atoms with Crippen molar-refractivity contribution in [3.05, 3.63) is 33.6 Å². The number of halogens is 3. The number of oxime groups is 1. The number of aromatic nitrogens is 1. The highest BCUT2D eigenvalue weighted by atomic mass is 35.5. The van der Waals surface area contributed by atoms with E-state index in [2.05, 4.69) is 26.4 Å². The molecular weight excluding hydrogens is 439 g/mol. The fourth-order valence-corrected chi connectivity index (χ4v) is 3.98. The Hall–Kier alpha value is -1.67. The fourth-order valence-electron chi connectivity index (χ4n) is 3.98. The van der Waals surface area contributed by atoms with Crippen LogP contribution in [-0.4, -0.2) is 47.5 Å². The molecule has 0 unspecified atom stereocenters. The smallest absolute Gasteiger partial charge is 0.253 e. The van der Waals surface area contributed by atoms with Crippen molar-refractivity contribution in [1.82, 2.24) is 9.88 Å². The number of nitrogens with zero attached hydrogens (tertiary/aromatic N) is 2. The molecule has 162 valence electrons. The van der Waals surface area contributed by atoms with Crippen LogP contribution in [0.5, 0.6) is 5.75 Å². The number of hydrogen-bond donors (Lipinski definition) is 3. The van der Waals surface area contributed by atoms with Crippen LogP contribution in [0, 0.1) is 0 Å². The van der Waals surface area contributed by atoms with Crippen LogP contribution in [0.3, 0.4) is 0 Å². The lowest BCUT2D eigenvalue weighted by molar-refractivity contribution is 0.256. The number of likely N-dealkylation sites (tertiary alicyclic amines) is 1. The van der Waals surface area contributed by atoms with Crippen LogP contribution in [0.4, 0.5) is 5.69 Å². The number of methoxy groups -OCH3 is 1. The Balaban J connectivity index is 0.00000140. The Kier molecular flexibility index (Phi) is 9.55. The Morgan fingerprint density at radius 3 is 2.55 bits per heavy atom. The zero-order valence-electron chi connectivity index (χ0n) is 16.2. The van der Waals surface area contributed by atoms with E-state index >= 15 is 0 Å². The molecule has 0 saturated carbocycles. The Bertz CT molecular complexity index is 923. The van der Waals surface area contributed by atoms with Gasteiger partial charge >= 0.3 is 0 Å². The van der Waals surface area contributed by atoms with E-state index in [9.17, 15) is 4.79 Å². The van der Waals surface area contributed by atoms with Crippen molar-refractivity contribution in [3.8, 4) is 5.75 Å². The maximum atomic E-state index is 12.5. The predicted octanol–water partition coefficient (Wildman–Crippen LogP) is 3.59. The maximum Gasteiger partial charge on any atom is 0.253 e. The molecule has 0 radical (unpaired) electrons. The summed E-state index contributed by atoms with van der Waals surface area (Å²) in [6.07, 6.45) is 3.34. The van der Waals surface area contributed by atoms with E-state index in [1.807, 2.05) is 6.07 Å². The number of hydrogen-bond acceptors (Lipinski definition) is 6. The number of rotatable bonds is 3. The molecule has 0 atom stereocenters. The molecule has 2 aliphatic heterocycles. The Labute approximate surface area is 188 Å². The van der Waals surface area contributed by atoms with Gasteiger partial charge in [-0.3, -0.25) is 9.69 Å². The van der Waals surface area contributed by atoms with Crippen molar-refractivity contribution in [2.45, 2.75) is 32.2 Å². The minimum Gasteiger partial charge on any atom is -0.496 e. The summed E-state index contributed by atoms with van der Waals surface area (Å²) in [6.45, 7) is 3.38. The molecule has 3 N–H and O–H groups in total. The van der Waals surface area contributed by atoms with E-state index in [0.717, 1.165) is 91.0 Å². The highest BCUT2D eigenvalue weighted by Crippen LogP contribution is 2.35. The maximum absolute atomic E-state index is 12.5. The van der Waals surface area contributed by atoms with Gasteiger partial charge in [-0.1, -0.05) is 5.16 Å². The average Bonchev–Trinajstić information content (AvgIpc) is 2.68. The minimum absolute atomic E-state index is 0. The molecule has 1 fully saturated rings. The summed E-state index contributed by atoms with van der Waals surface area (Å²) in [4.78, 5) is 17.8. The molecule has 0 spiro atoms. The molecule has 1 aromatic carbocycles. The molecule has 1 aromatic heterocycles. The number of nitrogens with one attached hydrogen (secondary N) is 2. The van der Waals surface area contributed by atoms with Crippen LogP contribution < -0.4 is 15.6 Å². The summed E-state index contributed by atoms with van der Waals surface area (Å²) in [5.74, 6) is 0.786. The molecule has 4 rings (SSSR count). The van der Waals surface area contributed by atoms with Crippen molar-refractivity contribution in [1.29, 1.82) is 0 Å². The summed E-state index contributed by atoms with van der Waals surface area (Å²) in [5.41, 5.74) is 4.50. The number of pyridine rings is 1. The highest BCUT2D eigenvalue weighted by Gasteiger charge is 2.21. The van der Waals surface area contributed by atoms with Crippen LogP contribution in [0.2, 0.25) is 0 Å². The van der Waals surface area contributed by atoms with Gasteiger partial charge in [-0.05, 0) is 30.5 Å². The number of aromatic amines is 1. The first-order valence-corrected chi connectivity index (χ1v) is 9.11. The zero-order valence-corrected chi connectivity index (χ0v) is 18.6. The molecule has 10 heteroatoms. The number of anilines is 1. The van der Waals surface area contributed by atoms with Crippen LogP contribution in [-0.2, 0) is 13.0 Å². The number of benzene rings is 1. The topological polar surface area (TPSA) is 90.0 Å². The fraction of sp³-hybridized carbons (Fsp3) is 0.474. The number of H-pyrrole nitrogens is 1. The van der Waals surface area contributed by atoms with Crippen molar-refractivity contribution in [2.75, 3.05) is 32.1 Å². The van der Waals surface area contributed by atoms with Crippen molar-refractivity contribution in [3.63, 3.8) is 0 Å². The summed E-state index contributed by atoms with van der Waals surface area (Å²) < 4.78 is 5.66. The van der Waals surface area contributed by atoms with Gasteiger partial charge in [-0.25, -0.2) is 0 Å². The number of piperidine rings is 1. The van der Waals surface area contributed by atoms with E-state index in [1.165, 1.54) is 0 Å². The lowest BCUT2D eigenvalue weighted by Crippen LogP contribution is -2.33. The lowest BCUT2D eigenvalue weighted by atomic mass is 9.99. The van der Waals surface area contributed by atoms with Gasteiger partial charge < -0.3 is 20.2 Å². The first-order chi connectivity index (χ1) is 12.7. The average molecular weight is 466 g/mol. The minimum atomic E-state index is -0.0133. The summed E-state index contributed by atoms with van der Waals surface area (Å²) >= 11 is 0. The summed E-state index contributed by atoms with van der Waals surface area (Å²) in [7, 11) is 1.67. The molecule has 1 saturated heterocycles. The second-order valence-electron chi connectivity index (χ2n) is 7.00. The van der Waals surface area contributed by atoms with Gasteiger partial charge in [0.2, 0.25) is 0 Å². The molecule has 0 amide bonds. The molecule has 2 aliphatic rings. The van der Waals surface area contributed by atoms with Crippen LogP contribution in [0.25, 0.3) is 10.9 Å². The SMILES string of the molecule is COc1cc(CN2CCC(=NO)CC2)cc2[nH]c(=O)c3c(c12)NCCC3.Cl.Cl.Cl. The molecule has 3 heterocycles. The molecular formula is C19H27Cl3N4O3. The lowest BCUT2D eigenvalue weighted by Gasteiger charge is -2.27. The molecule has 0 bridgehead atoms. The quantitative estimate of drug-likeness (QED) is 0.476. The van der Waals surface area contributed by atoms with Gasteiger partial charge in [-0.2, -0.15) is 0 Å². The molecule has 7 nitrogen and oxygen atoms in total. The van der Waals surface area contributed by atoms with Crippen LogP contribution in [0.1, 0.15) is 30.4 Å². The highest BCUT2D eigenvalue weighted by molar-refractivity contribution is 5.98. The Morgan fingerprint density at radius 2 is 1.90 bits per heavy atom. The van der Waals surface area contributed by atoms with Crippen LogP contribution in [0.15, 0.2) is 22.1 Å². The molecule has 29 heavy (non-hydrogen) atoms. The van der Waals surface area contributed by atoms with Crippen molar-refractivity contribution < 1.29 is 9.94 Å². The van der Waals surface area contributed by atoms with Gasteiger partial charge in [0.05, 0.1) is 29.4 Å². The van der Waals surface area contributed by atoms with Crippen LogP contribution >= 0.6 is 37.2 Å². The van der Waals surface area contributed by atoms with Gasteiger partial charge in [0, 0.05) is 44.6 Å². The third kappa shape index (κ3) is 5.09. The zero-order chi connectivity index (χ0) is 18.1. The van der Waals surface area contributed by atoms with E-state index < -0.39 is 0 Å². The third-order valence-electron chi connectivity index (χ3n) is 5.34. The largest absolute Gasteiger partial charge is 0.496 e. The third-order valence-corrected chi connectivity index (χ3v) is 5.34. The standard InChI is InChI=1S/C19H24N4O3.3ClH/c1-26-16-10-12(11-23-7-4-13(22-25)5-8-23)9-15-17(16)18-14(19(24)21-15)3-2-6-20-18;;;/h9-10,20,25H,2-8,11H2,1H3,(H,21,24);3*1H. The summed E-state index contributed by atoms with van der Waals surface area (Å²) in [6, 6.07) is 4.11.